The van der Waals surface area contributed by atoms with Crippen LogP contribution in [0.15, 0.2) is 0 Å². The fourth-order valence-corrected chi connectivity index (χ4v) is 3.46. The second kappa shape index (κ2) is 6.61. The highest BCUT2D eigenvalue weighted by atomic mass is 15.1. The van der Waals surface area contributed by atoms with Crippen LogP contribution in [-0.2, 0) is 0 Å². The van der Waals surface area contributed by atoms with Crippen LogP contribution >= 0.6 is 0 Å². The molecule has 16 heavy (non-hydrogen) atoms. The third kappa shape index (κ3) is 3.46. The van der Waals surface area contributed by atoms with Crippen molar-refractivity contribution in [2.45, 2.75) is 57.4 Å². The average molecular weight is 224 g/mol. The number of likely N-dealkylation sites (tertiary alicyclic amines) is 1. The van der Waals surface area contributed by atoms with Crippen LogP contribution in [0, 0.1) is 5.92 Å². The summed E-state index contributed by atoms with van der Waals surface area (Å²) in [7, 11) is 2.14. The van der Waals surface area contributed by atoms with Crippen molar-refractivity contribution in [3.63, 3.8) is 0 Å². The van der Waals surface area contributed by atoms with Gasteiger partial charge in [-0.2, -0.15) is 0 Å². The van der Waals surface area contributed by atoms with E-state index >= 15 is 0 Å². The molecule has 2 rings (SSSR count). The standard InChI is InChI=1S/C14H28N2/c1-15-14-9-7-8-13(14)12-16-10-5-3-2-4-6-11-16/h13-15H,2-12H2,1H3. The Bertz CT molecular complexity index is 185. The van der Waals surface area contributed by atoms with Gasteiger partial charge >= 0.3 is 0 Å². The molecule has 1 saturated carbocycles. The molecule has 1 N–H and O–H groups in total. The second-order valence-electron chi connectivity index (χ2n) is 5.65. The van der Waals surface area contributed by atoms with Gasteiger partial charge in [-0.15, -0.1) is 0 Å². The minimum atomic E-state index is 0.797. The van der Waals surface area contributed by atoms with Crippen LogP contribution < -0.4 is 5.32 Å². The van der Waals surface area contributed by atoms with E-state index in [2.05, 4.69) is 17.3 Å². The van der Waals surface area contributed by atoms with Gasteiger partial charge in [-0.3, -0.25) is 0 Å². The Morgan fingerprint density at radius 3 is 2.31 bits per heavy atom. The minimum Gasteiger partial charge on any atom is -0.317 e. The molecule has 2 aliphatic rings. The Hall–Kier alpha value is -0.0800. The lowest BCUT2D eigenvalue weighted by atomic mass is 10.0. The van der Waals surface area contributed by atoms with Gasteiger partial charge < -0.3 is 10.2 Å². The number of rotatable bonds is 3. The first-order chi connectivity index (χ1) is 7.90. The summed E-state index contributed by atoms with van der Waals surface area (Å²) in [6, 6.07) is 0.797. The zero-order chi connectivity index (χ0) is 11.2. The molecule has 1 heterocycles. The van der Waals surface area contributed by atoms with Gasteiger partial charge in [0.1, 0.15) is 0 Å². The van der Waals surface area contributed by atoms with Gasteiger partial charge in [0.2, 0.25) is 0 Å². The van der Waals surface area contributed by atoms with Gasteiger partial charge in [0.15, 0.2) is 0 Å². The molecule has 1 aliphatic carbocycles. The van der Waals surface area contributed by atoms with E-state index in [9.17, 15) is 0 Å². The molecule has 94 valence electrons. The van der Waals surface area contributed by atoms with Crippen LogP contribution in [0.2, 0.25) is 0 Å². The van der Waals surface area contributed by atoms with Crippen molar-refractivity contribution in [1.29, 1.82) is 0 Å². The van der Waals surface area contributed by atoms with Crippen molar-refractivity contribution in [3.8, 4) is 0 Å². The largest absolute Gasteiger partial charge is 0.317 e. The van der Waals surface area contributed by atoms with E-state index in [1.165, 1.54) is 71.0 Å². The van der Waals surface area contributed by atoms with Crippen LogP contribution in [0.3, 0.4) is 0 Å². The normalized spacial score (nSPS) is 33.6. The van der Waals surface area contributed by atoms with E-state index in [-0.39, 0.29) is 0 Å². The summed E-state index contributed by atoms with van der Waals surface area (Å²) >= 11 is 0. The molecular weight excluding hydrogens is 196 g/mol. The van der Waals surface area contributed by atoms with Crippen LogP contribution in [-0.4, -0.2) is 37.6 Å². The van der Waals surface area contributed by atoms with Gasteiger partial charge in [0.25, 0.3) is 0 Å². The molecule has 1 saturated heterocycles. The average Bonchev–Trinajstić information content (AvgIpc) is 2.69. The first kappa shape index (κ1) is 12.4. The molecule has 0 aromatic carbocycles. The molecule has 2 heteroatoms. The highest BCUT2D eigenvalue weighted by Gasteiger charge is 2.27. The molecule has 2 nitrogen and oxygen atoms in total. The SMILES string of the molecule is CNC1CCCC1CN1CCCCCCC1. The highest BCUT2D eigenvalue weighted by Crippen LogP contribution is 2.26. The van der Waals surface area contributed by atoms with Gasteiger partial charge in [0, 0.05) is 12.6 Å². The molecule has 2 fully saturated rings. The molecule has 0 spiro atoms. The van der Waals surface area contributed by atoms with E-state index in [1.54, 1.807) is 0 Å². The van der Waals surface area contributed by atoms with Crippen molar-refractivity contribution < 1.29 is 0 Å². The summed E-state index contributed by atoms with van der Waals surface area (Å²) in [5.41, 5.74) is 0. The summed E-state index contributed by atoms with van der Waals surface area (Å²) in [6.07, 6.45) is 11.5. The lowest BCUT2D eigenvalue weighted by Crippen LogP contribution is -2.39. The van der Waals surface area contributed by atoms with Crippen molar-refractivity contribution >= 4 is 0 Å². The molecule has 0 aromatic rings. The van der Waals surface area contributed by atoms with Gasteiger partial charge in [-0.1, -0.05) is 25.7 Å². The molecule has 2 unspecified atom stereocenters. The van der Waals surface area contributed by atoms with Crippen LogP contribution in [0.1, 0.15) is 51.4 Å². The molecule has 2 atom stereocenters. The first-order valence-electron chi connectivity index (χ1n) is 7.30. The molecule has 0 radical (unpaired) electrons. The van der Waals surface area contributed by atoms with Crippen molar-refractivity contribution in [1.82, 2.24) is 10.2 Å². The quantitative estimate of drug-likeness (QED) is 0.793. The maximum atomic E-state index is 3.50. The highest BCUT2D eigenvalue weighted by molar-refractivity contribution is 4.84. The third-order valence-corrected chi connectivity index (χ3v) is 4.47. The summed E-state index contributed by atoms with van der Waals surface area (Å²) in [5.74, 6) is 0.921. The summed E-state index contributed by atoms with van der Waals surface area (Å²) < 4.78 is 0. The summed E-state index contributed by atoms with van der Waals surface area (Å²) in [5, 5.41) is 3.50. The Balaban J connectivity index is 1.77. The summed E-state index contributed by atoms with van der Waals surface area (Å²) in [4.78, 5) is 2.74. The van der Waals surface area contributed by atoms with Gasteiger partial charge in [-0.05, 0) is 51.7 Å². The Kier molecular flexibility index (Phi) is 5.11. The van der Waals surface area contributed by atoms with Gasteiger partial charge in [0.05, 0.1) is 0 Å². The molecule has 1 aliphatic heterocycles. The zero-order valence-corrected chi connectivity index (χ0v) is 10.9. The molecular formula is C14H28N2. The van der Waals surface area contributed by atoms with Crippen LogP contribution in [0.4, 0.5) is 0 Å². The molecule has 0 aromatic heterocycles. The lowest BCUT2D eigenvalue weighted by Gasteiger charge is -2.29. The second-order valence-corrected chi connectivity index (χ2v) is 5.65. The third-order valence-electron chi connectivity index (χ3n) is 4.47. The van der Waals surface area contributed by atoms with Crippen LogP contribution in [0.25, 0.3) is 0 Å². The first-order valence-corrected chi connectivity index (χ1v) is 7.30. The summed E-state index contributed by atoms with van der Waals surface area (Å²) in [6.45, 7) is 4.06. The minimum absolute atomic E-state index is 0.797. The zero-order valence-electron chi connectivity index (χ0n) is 10.9. The maximum Gasteiger partial charge on any atom is 0.0104 e. The monoisotopic (exact) mass is 224 g/mol. The van der Waals surface area contributed by atoms with E-state index in [0.717, 1.165) is 12.0 Å². The Morgan fingerprint density at radius 1 is 0.938 bits per heavy atom. The fourth-order valence-electron chi connectivity index (χ4n) is 3.46. The number of hydrogen-bond acceptors (Lipinski definition) is 2. The predicted molar refractivity (Wildman–Crippen MR) is 69.7 cm³/mol. The van der Waals surface area contributed by atoms with E-state index in [4.69, 9.17) is 0 Å². The van der Waals surface area contributed by atoms with Crippen molar-refractivity contribution in [3.05, 3.63) is 0 Å². The van der Waals surface area contributed by atoms with E-state index in [1.807, 2.05) is 0 Å². The Labute approximate surface area is 101 Å². The van der Waals surface area contributed by atoms with E-state index in [0.29, 0.717) is 0 Å². The van der Waals surface area contributed by atoms with Crippen molar-refractivity contribution in [2.75, 3.05) is 26.7 Å². The van der Waals surface area contributed by atoms with Crippen LogP contribution in [0.5, 0.6) is 0 Å². The number of hydrogen-bond donors (Lipinski definition) is 1. The molecule has 0 amide bonds. The van der Waals surface area contributed by atoms with E-state index < -0.39 is 0 Å². The fraction of sp³-hybridized carbons (Fsp3) is 1.00. The number of nitrogens with zero attached hydrogens (tertiary/aromatic N) is 1. The topological polar surface area (TPSA) is 15.3 Å². The Morgan fingerprint density at radius 2 is 1.62 bits per heavy atom. The smallest absolute Gasteiger partial charge is 0.0104 e. The van der Waals surface area contributed by atoms with Crippen molar-refractivity contribution in [2.24, 2.45) is 5.92 Å². The maximum absolute atomic E-state index is 3.50. The van der Waals surface area contributed by atoms with Gasteiger partial charge in [-0.25, -0.2) is 0 Å². The predicted octanol–water partition coefficient (Wildman–Crippen LogP) is 2.64. The lowest BCUT2D eigenvalue weighted by molar-refractivity contribution is 0.199. The molecule has 0 bridgehead atoms. The number of nitrogens with one attached hydrogen (secondary N) is 1.